The lowest BCUT2D eigenvalue weighted by molar-refractivity contribution is 0.0887. The Hall–Kier alpha value is -0.0800. The van der Waals surface area contributed by atoms with Gasteiger partial charge in [0.05, 0.1) is 0 Å². The predicted octanol–water partition coefficient (Wildman–Crippen LogP) is 3.23. The van der Waals surface area contributed by atoms with E-state index in [0.29, 0.717) is 0 Å². The summed E-state index contributed by atoms with van der Waals surface area (Å²) in [4.78, 5) is 5.20. The average Bonchev–Trinajstić information content (AvgIpc) is 2.32. The number of likely N-dealkylation sites (tertiary alicyclic amines) is 2. The van der Waals surface area contributed by atoms with Crippen molar-refractivity contribution in [3.05, 3.63) is 0 Å². The Balaban J connectivity index is 0.000000437. The SMILES string of the molecule is CC1CCN(C2CCN(C)CC2)CC1.CCC. The molecule has 2 heterocycles. The van der Waals surface area contributed by atoms with Gasteiger partial charge in [-0.1, -0.05) is 27.2 Å². The zero-order valence-electron chi connectivity index (χ0n) is 12.4. The van der Waals surface area contributed by atoms with Crippen LogP contribution in [0.5, 0.6) is 0 Å². The van der Waals surface area contributed by atoms with E-state index in [2.05, 4.69) is 37.6 Å². The van der Waals surface area contributed by atoms with Crippen LogP contribution in [0.3, 0.4) is 0 Å². The first-order valence-electron chi connectivity index (χ1n) is 7.59. The van der Waals surface area contributed by atoms with E-state index >= 15 is 0 Å². The molecule has 2 aliphatic heterocycles. The molecule has 0 saturated carbocycles. The minimum atomic E-state index is 0.902. The molecule has 0 spiro atoms. The van der Waals surface area contributed by atoms with E-state index in [1.807, 2.05) is 0 Å². The van der Waals surface area contributed by atoms with Gasteiger partial charge >= 0.3 is 0 Å². The fourth-order valence-corrected chi connectivity index (χ4v) is 2.75. The summed E-state index contributed by atoms with van der Waals surface area (Å²) >= 11 is 0. The van der Waals surface area contributed by atoms with Crippen LogP contribution in [0.2, 0.25) is 0 Å². The second-order valence-corrected chi connectivity index (χ2v) is 5.96. The molecule has 0 aliphatic carbocycles. The van der Waals surface area contributed by atoms with Crippen LogP contribution in [0.1, 0.15) is 52.9 Å². The summed E-state index contributed by atoms with van der Waals surface area (Å²) < 4.78 is 0. The highest BCUT2D eigenvalue weighted by Crippen LogP contribution is 2.22. The lowest BCUT2D eigenvalue weighted by atomic mass is 9.95. The molecular weight excluding hydrogens is 208 g/mol. The number of hydrogen-bond donors (Lipinski definition) is 0. The number of rotatable bonds is 1. The van der Waals surface area contributed by atoms with Gasteiger partial charge in [-0.25, -0.2) is 0 Å². The van der Waals surface area contributed by atoms with Gasteiger partial charge in [0.15, 0.2) is 0 Å². The van der Waals surface area contributed by atoms with Gasteiger partial charge < -0.3 is 9.80 Å². The third-order valence-corrected chi connectivity index (χ3v) is 4.02. The standard InChI is InChI=1S/C12H24N2.C3H8/c1-11-3-9-14(10-4-11)12-5-7-13(2)8-6-12;1-3-2/h11-12H,3-10H2,1-2H3;3H2,1-2H3. The van der Waals surface area contributed by atoms with Crippen molar-refractivity contribution in [2.24, 2.45) is 5.92 Å². The highest BCUT2D eigenvalue weighted by atomic mass is 15.2. The third kappa shape index (κ3) is 5.39. The van der Waals surface area contributed by atoms with Crippen LogP contribution in [0, 0.1) is 5.92 Å². The first kappa shape index (κ1) is 15.0. The molecule has 2 fully saturated rings. The zero-order valence-corrected chi connectivity index (χ0v) is 12.4. The fraction of sp³-hybridized carbons (Fsp3) is 1.00. The minimum absolute atomic E-state index is 0.902. The molecule has 0 aromatic heterocycles. The molecule has 0 atom stereocenters. The molecule has 2 rings (SSSR count). The highest BCUT2D eigenvalue weighted by molar-refractivity contribution is 4.81. The zero-order chi connectivity index (χ0) is 12.7. The van der Waals surface area contributed by atoms with Crippen LogP contribution in [-0.2, 0) is 0 Å². The van der Waals surface area contributed by atoms with Crippen molar-refractivity contribution in [2.75, 3.05) is 33.2 Å². The summed E-state index contributed by atoms with van der Waals surface area (Å²) in [5.74, 6) is 0.970. The summed E-state index contributed by atoms with van der Waals surface area (Å²) in [6.07, 6.45) is 6.88. The van der Waals surface area contributed by atoms with Crippen molar-refractivity contribution in [1.29, 1.82) is 0 Å². The number of hydrogen-bond acceptors (Lipinski definition) is 2. The summed E-state index contributed by atoms with van der Waals surface area (Å²) in [6.45, 7) is 12.0. The van der Waals surface area contributed by atoms with Crippen LogP contribution in [0.25, 0.3) is 0 Å². The lowest BCUT2D eigenvalue weighted by Gasteiger charge is -2.40. The molecule has 2 aliphatic rings. The molecular formula is C15H32N2. The maximum absolute atomic E-state index is 2.74. The van der Waals surface area contributed by atoms with E-state index in [1.165, 1.54) is 58.3 Å². The summed E-state index contributed by atoms with van der Waals surface area (Å²) in [5.41, 5.74) is 0. The largest absolute Gasteiger partial charge is 0.306 e. The summed E-state index contributed by atoms with van der Waals surface area (Å²) in [7, 11) is 2.24. The predicted molar refractivity (Wildman–Crippen MR) is 76.5 cm³/mol. The normalized spacial score (nSPS) is 25.4. The molecule has 2 nitrogen and oxygen atoms in total. The van der Waals surface area contributed by atoms with Crippen molar-refractivity contribution in [3.63, 3.8) is 0 Å². The van der Waals surface area contributed by atoms with E-state index in [0.717, 1.165) is 12.0 Å². The van der Waals surface area contributed by atoms with Crippen LogP contribution in [-0.4, -0.2) is 49.1 Å². The molecule has 0 bridgehead atoms. The van der Waals surface area contributed by atoms with Crippen LogP contribution >= 0.6 is 0 Å². The quantitative estimate of drug-likeness (QED) is 0.694. The number of piperidine rings is 2. The van der Waals surface area contributed by atoms with Crippen molar-refractivity contribution < 1.29 is 0 Å². The Kier molecular flexibility index (Phi) is 7.14. The first-order chi connectivity index (χ1) is 8.17. The van der Waals surface area contributed by atoms with Gasteiger partial charge in [-0.2, -0.15) is 0 Å². The molecule has 0 aromatic carbocycles. The Labute approximate surface area is 108 Å². The monoisotopic (exact) mass is 240 g/mol. The molecule has 0 N–H and O–H groups in total. The van der Waals surface area contributed by atoms with Gasteiger partial charge in [0.1, 0.15) is 0 Å². The smallest absolute Gasteiger partial charge is 0.0120 e. The Bertz CT molecular complexity index is 157. The summed E-state index contributed by atoms with van der Waals surface area (Å²) in [5, 5.41) is 0. The van der Waals surface area contributed by atoms with Gasteiger partial charge in [0, 0.05) is 6.04 Å². The number of nitrogens with zero attached hydrogens (tertiary/aromatic N) is 2. The molecule has 102 valence electrons. The van der Waals surface area contributed by atoms with Crippen LogP contribution in [0.4, 0.5) is 0 Å². The van der Waals surface area contributed by atoms with Crippen molar-refractivity contribution >= 4 is 0 Å². The molecule has 0 aromatic rings. The van der Waals surface area contributed by atoms with Gasteiger partial charge in [0.25, 0.3) is 0 Å². The molecule has 0 radical (unpaired) electrons. The van der Waals surface area contributed by atoms with E-state index in [9.17, 15) is 0 Å². The average molecular weight is 240 g/mol. The summed E-state index contributed by atoms with van der Waals surface area (Å²) in [6, 6.07) is 0.902. The van der Waals surface area contributed by atoms with E-state index in [4.69, 9.17) is 0 Å². The van der Waals surface area contributed by atoms with Crippen LogP contribution in [0.15, 0.2) is 0 Å². The first-order valence-corrected chi connectivity index (χ1v) is 7.59. The second-order valence-electron chi connectivity index (χ2n) is 5.96. The second kappa shape index (κ2) is 8.10. The topological polar surface area (TPSA) is 6.48 Å². The lowest BCUT2D eigenvalue weighted by Crippen LogP contribution is -2.46. The molecule has 0 amide bonds. The maximum atomic E-state index is 2.74. The highest BCUT2D eigenvalue weighted by Gasteiger charge is 2.25. The molecule has 2 saturated heterocycles. The van der Waals surface area contributed by atoms with Crippen molar-refractivity contribution in [3.8, 4) is 0 Å². The van der Waals surface area contributed by atoms with E-state index in [1.54, 1.807) is 0 Å². The van der Waals surface area contributed by atoms with Crippen molar-refractivity contribution in [1.82, 2.24) is 9.80 Å². The fourth-order valence-electron chi connectivity index (χ4n) is 2.75. The Morgan fingerprint density at radius 2 is 1.35 bits per heavy atom. The maximum Gasteiger partial charge on any atom is 0.0120 e. The van der Waals surface area contributed by atoms with E-state index < -0.39 is 0 Å². The molecule has 17 heavy (non-hydrogen) atoms. The Morgan fingerprint density at radius 1 is 0.882 bits per heavy atom. The van der Waals surface area contributed by atoms with Crippen molar-refractivity contribution in [2.45, 2.75) is 58.9 Å². The third-order valence-electron chi connectivity index (χ3n) is 4.02. The van der Waals surface area contributed by atoms with Gasteiger partial charge in [-0.05, 0) is 64.8 Å². The van der Waals surface area contributed by atoms with Gasteiger partial charge in [-0.15, -0.1) is 0 Å². The minimum Gasteiger partial charge on any atom is -0.306 e. The van der Waals surface area contributed by atoms with Crippen LogP contribution < -0.4 is 0 Å². The van der Waals surface area contributed by atoms with Gasteiger partial charge in [0.2, 0.25) is 0 Å². The molecule has 2 heteroatoms. The van der Waals surface area contributed by atoms with Gasteiger partial charge in [-0.3, -0.25) is 0 Å². The van der Waals surface area contributed by atoms with E-state index in [-0.39, 0.29) is 0 Å². The Morgan fingerprint density at radius 3 is 1.82 bits per heavy atom. The molecule has 0 unspecified atom stereocenters.